The van der Waals surface area contributed by atoms with Crippen molar-refractivity contribution in [3.63, 3.8) is 0 Å². The summed E-state index contributed by atoms with van der Waals surface area (Å²) >= 11 is 0. The summed E-state index contributed by atoms with van der Waals surface area (Å²) in [6.45, 7) is 1.82. The minimum Gasteiger partial charge on any atom is -0.366 e. The highest BCUT2D eigenvalue weighted by molar-refractivity contribution is 6.00. The maximum absolute atomic E-state index is 14.3. The fourth-order valence-corrected chi connectivity index (χ4v) is 4.64. The van der Waals surface area contributed by atoms with Crippen LogP contribution in [-0.2, 0) is 0 Å². The maximum Gasteiger partial charge on any atom is 0.393 e. The van der Waals surface area contributed by atoms with Crippen LogP contribution in [-0.4, -0.2) is 40.5 Å². The van der Waals surface area contributed by atoms with E-state index in [1.54, 1.807) is 60.8 Å². The van der Waals surface area contributed by atoms with Gasteiger partial charge in [-0.05, 0) is 65.9 Å². The van der Waals surface area contributed by atoms with E-state index in [0.717, 1.165) is 25.9 Å². The lowest BCUT2D eigenvalue weighted by Crippen LogP contribution is -2.38. The molecule has 0 saturated carbocycles. The van der Waals surface area contributed by atoms with E-state index in [1.165, 1.54) is 6.07 Å². The number of pyridine rings is 1. The van der Waals surface area contributed by atoms with Gasteiger partial charge in [0.15, 0.2) is 0 Å². The molecular weight excluding hydrogens is 470 g/mol. The average molecular weight is 496 g/mol. The second kappa shape index (κ2) is 10.1. The number of nitrogens with zero attached hydrogens (tertiary/aromatic N) is 2. The molecule has 1 unspecified atom stereocenters. The van der Waals surface area contributed by atoms with Crippen molar-refractivity contribution in [1.29, 1.82) is 0 Å². The van der Waals surface area contributed by atoms with Gasteiger partial charge in [0.05, 0.1) is 17.3 Å². The van der Waals surface area contributed by atoms with Crippen molar-refractivity contribution in [3.8, 4) is 0 Å². The molecule has 5 nitrogen and oxygen atoms in total. The van der Waals surface area contributed by atoms with Crippen LogP contribution in [0.5, 0.6) is 0 Å². The summed E-state index contributed by atoms with van der Waals surface area (Å²) < 4.78 is 55.8. The van der Waals surface area contributed by atoms with Gasteiger partial charge < -0.3 is 10.6 Å². The highest BCUT2D eigenvalue weighted by Gasteiger charge is 2.31. The summed E-state index contributed by atoms with van der Waals surface area (Å²) in [5.41, 5.74) is 2.29. The largest absolute Gasteiger partial charge is 0.393 e. The zero-order chi connectivity index (χ0) is 25.1. The molecule has 1 aliphatic heterocycles. The first kappa shape index (κ1) is 24.0. The molecule has 0 amide bonds. The minimum absolute atomic E-state index is 0.0883. The normalized spacial score (nSPS) is 17.2. The first-order valence-electron chi connectivity index (χ1n) is 11.8. The molecule has 1 aliphatic rings. The summed E-state index contributed by atoms with van der Waals surface area (Å²) in [6, 6.07) is 17.1. The molecular formula is C27H25F4N5. The molecule has 9 heteroatoms. The highest BCUT2D eigenvalue weighted by Crippen LogP contribution is 2.40. The Morgan fingerprint density at radius 2 is 1.81 bits per heavy atom. The third-order valence-corrected chi connectivity index (χ3v) is 6.31. The summed E-state index contributed by atoms with van der Waals surface area (Å²) in [5, 5.41) is 13.1. The van der Waals surface area contributed by atoms with Gasteiger partial charge in [0.2, 0.25) is 5.95 Å². The summed E-state index contributed by atoms with van der Waals surface area (Å²) in [5.74, 6) is -0.0535. The molecule has 2 aromatic heterocycles. The maximum atomic E-state index is 14.3. The Bertz CT molecular complexity index is 1350. The number of alkyl halides is 3. The van der Waals surface area contributed by atoms with Gasteiger partial charge in [0.25, 0.3) is 0 Å². The van der Waals surface area contributed by atoms with E-state index < -0.39 is 18.5 Å². The number of piperidine rings is 1. The lowest BCUT2D eigenvalue weighted by atomic mass is 9.88. The number of nitrogens with one attached hydrogen (secondary N) is 3. The Balaban J connectivity index is 1.64. The van der Waals surface area contributed by atoms with Crippen molar-refractivity contribution in [2.45, 2.75) is 31.5 Å². The van der Waals surface area contributed by atoms with Crippen molar-refractivity contribution in [1.82, 2.24) is 20.5 Å². The van der Waals surface area contributed by atoms with Crippen LogP contribution in [0.25, 0.3) is 22.0 Å². The average Bonchev–Trinajstić information content (AvgIpc) is 3.25. The number of halogens is 4. The quantitative estimate of drug-likeness (QED) is 0.221. The zero-order valence-corrected chi connectivity index (χ0v) is 19.4. The van der Waals surface area contributed by atoms with Gasteiger partial charge >= 0.3 is 6.18 Å². The molecule has 5 rings (SSSR count). The van der Waals surface area contributed by atoms with Crippen LogP contribution in [0.4, 0.5) is 23.4 Å². The SMILES string of the molecule is Fc1n[nH]c2ccc(C(=C(CC(F)(F)F)c3ccccc3)c3ccc(NC4CCCNC4)nc3)cc12. The van der Waals surface area contributed by atoms with Crippen LogP contribution in [0.3, 0.4) is 0 Å². The molecule has 186 valence electrons. The molecule has 1 saturated heterocycles. The van der Waals surface area contributed by atoms with Crippen LogP contribution in [0.2, 0.25) is 0 Å². The van der Waals surface area contributed by atoms with Crippen molar-refractivity contribution in [2.24, 2.45) is 0 Å². The number of fused-ring (bicyclic) bond motifs is 1. The van der Waals surface area contributed by atoms with Crippen molar-refractivity contribution < 1.29 is 17.6 Å². The van der Waals surface area contributed by atoms with E-state index in [0.29, 0.717) is 33.6 Å². The lowest BCUT2D eigenvalue weighted by molar-refractivity contribution is -0.122. The second-order valence-corrected chi connectivity index (χ2v) is 8.91. The van der Waals surface area contributed by atoms with Gasteiger partial charge in [-0.25, -0.2) is 4.98 Å². The molecule has 0 bridgehead atoms. The van der Waals surface area contributed by atoms with E-state index in [9.17, 15) is 17.6 Å². The van der Waals surface area contributed by atoms with Gasteiger partial charge in [-0.1, -0.05) is 36.4 Å². The molecule has 0 radical (unpaired) electrons. The number of aromatic nitrogens is 3. The fraction of sp³-hybridized carbons (Fsp3) is 0.259. The predicted molar refractivity (Wildman–Crippen MR) is 133 cm³/mol. The highest BCUT2D eigenvalue weighted by atomic mass is 19.4. The Morgan fingerprint density at radius 3 is 2.50 bits per heavy atom. The van der Waals surface area contributed by atoms with Crippen LogP contribution >= 0.6 is 0 Å². The number of allylic oxidation sites excluding steroid dienone is 1. The Morgan fingerprint density at radius 1 is 1.00 bits per heavy atom. The smallest absolute Gasteiger partial charge is 0.366 e. The molecule has 36 heavy (non-hydrogen) atoms. The van der Waals surface area contributed by atoms with E-state index in [4.69, 9.17) is 0 Å². The lowest BCUT2D eigenvalue weighted by Gasteiger charge is -2.24. The minimum atomic E-state index is -4.45. The Kier molecular flexibility index (Phi) is 6.73. The van der Waals surface area contributed by atoms with Gasteiger partial charge in [-0.2, -0.15) is 17.6 Å². The van der Waals surface area contributed by atoms with Gasteiger partial charge in [0.1, 0.15) is 5.82 Å². The van der Waals surface area contributed by atoms with Crippen molar-refractivity contribution in [2.75, 3.05) is 18.4 Å². The van der Waals surface area contributed by atoms with Crippen LogP contribution in [0.1, 0.15) is 36.0 Å². The van der Waals surface area contributed by atoms with E-state index in [2.05, 4.69) is 25.8 Å². The molecule has 3 N–H and O–H groups in total. The standard InChI is InChI=1S/C27H25F4N5/c28-26-21-13-18(8-10-23(21)35-36-26)25(22(14-27(29,30)31)17-5-2-1-3-6-17)19-9-11-24(33-15-19)34-20-7-4-12-32-16-20/h1-3,5-6,8-11,13,15,20,32H,4,7,12,14,16H2,(H,33,34)(H,35,36). The summed E-state index contributed by atoms with van der Waals surface area (Å²) in [6.07, 6.45) is -1.95. The van der Waals surface area contributed by atoms with E-state index >= 15 is 0 Å². The van der Waals surface area contributed by atoms with E-state index in [-0.39, 0.29) is 17.0 Å². The van der Waals surface area contributed by atoms with Crippen molar-refractivity contribution >= 4 is 27.9 Å². The zero-order valence-electron chi connectivity index (χ0n) is 19.4. The number of H-pyrrole nitrogens is 1. The molecule has 0 aliphatic carbocycles. The number of rotatable bonds is 6. The molecule has 1 atom stereocenters. The van der Waals surface area contributed by atoms with Crippen molar-refractivity contribution in [3.05, 3.63) is 89.5 Å². The molecule has 4 aromatic rings. The first-order valence-corrected chi connectivity index (χ1v) is 11.8. The Labute approximate surface area is 205 Å². The van der Waals surface area contributed by atoms with Gasteiger partial charge in [-0.3, -0.25) is 5.10 Å². The summed E-state index contributed by atoms with van der Waals surface area (Å²) in [4.78, 5) is 4.51. The number of benzene rings is 2. The topological polar surface area (TPSA) is 65.6 Å². The predicted octanol–water partition coefficient (Wildman–Crippen LogP) is 6.17. The third kappa shape index (κ3) is 5.41. The number of hydrogen-bond donors (Lipinski definition) is 3. The molecule has 2 aromatic carbocycles. The second-order valence-electron chi connectivity index (χ2n) is 8.91. The van der Waals surface area contributed by atoms with E-state index in [1.807, 2.05) is 0 Å². The summed E-state index contributed by atoms with van der Waals surface area (Å²) in [7, 11) is 0. The fourth-order valence-electron chi connectivity index (χ4n) is 4.64. The van der Waals surface area contributed by atoms with Crippen LogP contribution < -0.4 is 10.6 Å². The number of aromatic amines is 1. The molecule has 0 spiro atoms. The number of hydrogen-bond acceptors (Lipinski definition) is 4. The third-order valence-electron chi connectivity index (χ3n) is 6.31. The van der Waals surface area contributed by atoms with Crippen LogP contribution in [0, 0.1) is 5.95 Å². The van der Waals surface area contributed by atoms with Gasteiger partial charge in [0, 0.05) is 24.3 Å². The van der Waals surface area contributed by atoms with Gasteiger partial charge in [-0.15, -0.1) is 5.10 Å². The molecule has 1 fully saturated rings. The first-order chi connectivity index (χ1) is 17.4. The molecule has 3 heterocycles. The number of anilines is 1. The monoisotopic (exact) mass is 495 g/mol. The van der Waals surface area contributed by atoms with Crippen LogP contribution in [0.15, 0.2) is 66.9 Å². The Hall–Kier alpha value is -3.72.